The maximum atomic E-state index is 12.4. The molecule has 2 aromatic heterocycles. The summed E-state index contributed by atoms with van der Waals surface area (Å²) in [4.78, 5) is 15.1. The van der Waals surface area contributed by atoms with Crippen LogP contribution in [0.4, 0.5) is 0 Å². The highest BCUT2D eigenvalue weighted by Gasteiger charge is 2.15. The van der Waals surface area contributed by atoms with Gasteiger partial charge in [0.25, 0.3) is 0 Å². The van der Waals surface area contributed by atoms with Gasteiger partial charge in [0.1, 0.15) is 0 Å². The summed E-state index contributed by atoms with van der Waals surface area (Å²) in [7, 11) is 3.67. The molecule has 0 bridgehead atoms. The number of nitrogens with zero attached hydrogens (tertiary/aromatic N) is 4. The summed E-state index contributed by atoms with van der Waals surface area (Å²) < 4.78 is 2.60. The lowest BCUT2D eigenvalue weighted by Crippen LogP contribution is -2.27. The number of aromatic nitrogens is 3. The average molecular weight is 427 g/mol. The van der Waals surface area contributed by atoms with Crippen LogP contribution in [0.2, 0.25) is 9.36 Å². The molecule has 136 valence electrons. The van der Waals surface area contributed by atoms with E-state index in [9.17, 15) is 4.79 Å². The first-order valence-corrected chi connectivity index (χ1v) is 10.3. The van der Waals surface area contributed by atoms with Crippen LogP contribution in [0.1, 0.15) is 4.88 Å². The first-order valence-electron chi connectivity index (χ1n) is 7.70. The minimum absolute atomic E-state index is 0.0237. The Bertz CT molecular complexity index is 908. The van der Waals surface area contributed by atoms with Crippen molar-refractivity contribution < 1.29 is 4.79 Å². The second-order valence-electron chi connectivity index (χ2n) is 5.62. The predicted molar refractivity (Wildman–Crippen MR) is 108 cm³/mol. The third-order valence-electron chi connectivity index (χ3n) is 3.71. The van der Waals surface area contributed by atoms with Gasteiger partial charge in [-0.1, -0.05) is 35.0 Å². The van der Waals surface area contributed by atoms with E-state index in [1.165, 1.54) is 23.1 Å². The third-order valence-corrected chi connectivity index (χ3v) is 6.18. The molecule has 0 aliphatic carbocycles. The van der Waals surface area contributed by atoms with Crippen LogP contribution >= 0.6 is 46.3 Å². The number of carbonyl (C=O) groups is 1. The van der Waals surface area contributed by atoms with E-state index in [0.717, 1.165) is 20.6 Å². The van der Waals surface area contributed by atoms with Crippen molar-refractivity contribution in [1.29, 1.82) is 0 Å². The molecule has 0 saturated carbocycles. The normalized spacial score (nSPS) is 10.9. The third kappa shape index (κ3) is 4.59. The zero-order valence-corrected chi connectivity index (χ0v) is 17.3. The number of amides is 1. The van der Waals surface area contributed by atoms with E-state index in [-0.39, 0.29) is 5.91 Å². The summed E-state index contributed by atoms with van der Waals surface area (Å²) in [5, 5.41) is 9.77. The molecular weight excluding hydrogens is 411 g/mol. The Morgan fingerprint density at radius 2 is 1.92 bits per heavy atom. The highest BCUT2D eigenvalue weighted by molar-refractivity contribution is 7.99. The van der Waals surface area contributed by atoms with Crippen molar-refractivity contribution in [2.75, 3.05) is 12.8 Å². The van der Waals surface area contributed by atoms with Gasteiger partial charge in [-0.05, 0) is 36.4 Å². The van der Waals surface area contributed by atoms with Gasteiger partial charge >= 0.3 is 0 Å². The van der Waals surface area contributed by atoms with Gasteiger partial charge in [-0.2, -0.15) is 0 Å². The van der Waals surface area contributed by atoms with Crippen LogP contribution in [0.25, 0.3) is 11.4 Å². The molecule has 0 N–H and O–H groups in total. The molecule has 1 aromatic carbocycles. The molecule has 0 spiro atoms. The van der Waals surface area contributed by atoms with E-state index in [1.807, 2.05) is 48.0 Å². The number of thioether (sulfide) groups is 1. The smallest absolute Gasteiger partial charge is 0.233 e. The van der Waals surface area contributed by atoms with Crippen LogP contribution in [0.15, 0.2) is 41.6 Å². The van der Waals surface area contributed by atoms with E-state index >= 15 is 0 Å². The Kier molecular flexibility index (Phi) is 6.24. The molecule has 3 rings (SSSR count). The van der Waals surface area contributed by atoms with Crippen molar-refractivity contribution in [1.82, 2.24) is 19.7 Å². The molecule has 0 fully saturated rings. The van der Waals surface area contributed by atoms with Crippen LogP contribution in [0.5, 0.6) is 0 Å². The van der Waals surface area contributed by atoms with Crippen LogP contribution in [-0.2, 0) is 18.4 Å². The Morgan fingerprint density at radius 3 is 2.58 bits per heavy atom. The highest BCUT2D eigenvalue weighted by Crippen LogP contribution is 2.25. The lowest BCUT2D eigenvalue weighted by Gasteiger charge is -2.15. The topological polar surface area (TPSA) is 51.0 Å². The Balaban J connectivity index is 1.61. The summed E-state index contributed by atoms with van der Waals surface area (Å²) >= 11 is 14.7. The summed E-state index contributed by atoms with van der Waals surface area (Å²) in [6.07, 6.45) is 0. The molecule has 0 unspecified atom stereocenters. The zero-order valence-electron chi connectivity index (χ0n) is 14.1. The van der Waals surface area contributed by atoms with Crippen molar-refractivity contribution in [2.24, 2.45) is 7.05 Å². The quantitative estimate of drug-likeness (QED) is 0.540. The highest BCUT2D eigenvalue weighted by atomic mass is 35.5. The monoisotopic (exact) mass is 426 g/mol. The maximum absolute atomic E-state index is 12.4. The first-order chi connectivity index (χ1) is 12.4. The lowest BCUT2D eigenvalue weighted by atomic mass is 10.2. The number of rotatable bonds is 6. The fourth-order valence-electron chi connectivity index (χ4n) is 2.29. The molecule has 0 radical (unpaired) electrons. The fraction of sp³-hybridized carbons (Fsp3) is 0.235. The van der Waals surface area contributed by atoms with E-state index in [4.69, 9.17) is 23.2 Å². The van der Waals surface area contributed by atoms with Gasteiger partial charge in [0.2, 0.25) is 5.91 Å². The van der Waals surface area contributed by atoms with Gasteiger partial charge in [0.05, 0.1) is 16.6 Å². The van der Waals surface area contributed by atoms with Crippen LogP contribution in [0, 0.1) is 0 Å². The summed E-state index contributed by atoms with van der Waals surface area (Å²) in [6, 6.07) is 11.2. The van der Waals surface area contributed by atoms with Crippen molar-refractivity contribution >= 4 is 52.2 Å². The molecule has 5 nitrogen and oxygen atoms in total. The van der Waals surface area contributed by atoms with Crippen LogP contribution in [0.3, 0.4) is 0 Å². The molecule has 3 aromatic rings. The largest absolute Gasteiger partial charge is 0.340 e. The minimum Gasteiger partial charge on any atom is -0.340 e. The van der Waals surface area contributed by atoms with E-state index in [0.29, 0.717) is 22.5 Å². The molecule has 2 heterocycles. The van der Waals surface area contributed by atoms with Crippen molar-refractivity contribution in [3.8, 4) is 11.4 Å². The number of halogens is 2. The number of benzene rings is 1. The number of thiophene rings is 1. The second kappa shape index (κ2) is 8.43. The minimum atomic E-state index is 0.0237. The van der Waals surface area contributed by atoms with Gasteiger partial charge in [0.15, 0.2) is 11.0 Å². The molecule has 9 heteroatoms. The maximum Gasteiger partial charge on any atom is 0.233 e. The molecule has 0 atom stereocenters. The zero-order chi connectivity index (χ0) is 18.7. The molecule has 0 aliphatic rings. The predicted octanol–water partition coefficient (Wildman–Crippen LogP) is 4.60. The Hall–Kier alpha value is -1.54. The Labute approximate surface area is 169 Å². The van der Waals surface area contributed by atoms with Gasteiger partial charge in [-0.25, -0.2) is 0 Å². The lowest BCUT2D eigenvalue weighted by molar-refractivity contribution is -0.127. The van der Waals surface area contributed by atoms with Crippen molar-refractivity contribution in [2.45, 2.75) is 11.7 Å². The molecule has 26 heavy (non-hydrogen) atoms. The summed E-state index contributed by atoms with van der Waals surface area (Å²) in [5.41, 5.74) is 0.925. The van der Waals surface area contributed by atoms with Gasteiger partial charge in [0, 0.05) is 29.6 Å². The molecule has 1 amide bonds. The SMILES string of the molecule is CN(Cc1ccc(Cl)s1)C(=O)CSc1nnc(-c2ccc(Cl)cc2)n1C. The Morgan fingerprint density at radius 1 is 1.19 bits per heavy atom. The van der Waals surface area contributed by atoms with Gasteiger partial charge < -0.3 is 9.47 Å². The summed E-state index contributed by atoms with van der Waals surface area (Å²) in [5.74, 6) is 1.05. The molecular formula is C17H16Cl2N4OS2. The first kappa shape index (κ1) is 19.2. The van der Waals surface area contributed by atoms with Crippen molar-refractivity contribution in [3.63, 3.8) is 0 Å². The van der Waals surface area contributed by atoms with E-state index in [2.05, 4.69) is 10.2 Å². The van der Waals surface area contributed by atoms with Crippen LogP contribution < -0.4 is 0 Å². The average Bonchev–Trinajstić information content (AvgIpc) is 3.19. The fourth-order valence-corrected chi connectivity index (χ4v) is 4.40. The van der Waals surface area contributed by atoms with E-state index < -0.39 is 0 Å². The summed E-state index contributed by atoms with van der Waals surface area (Å²) in [6.45, 7) is 0.547. The number of carbonyl (C=O) groups excluding carboxylic acids is 1. The standard InChI is InChI=1S/C17H16Cl2N4OS2/c1-22(9-13-7-8-14(19)26-13)15(24)10-25-17-21-20-16(23(17)2)11-3-5-12(18)6-4-11/h3-8H,9-10H2,1-2H3. The number of hydrogen-bond donors (Lipinski definition) is 0. The second-order valence-corrected chi connectivity index (χ2v) is 8.79. The van der Waals surface area contributed by atoms with Gasteiger partial charge in [-0.15, -0.1) is 21.5 Å². The van der Waals surface area contributed by atoms with Gasteiger partial charge in [-0.3, -0.25) is 4.79 Å². The van der Waals surface area contributed by atoms with E-state index in [1.54, 1.807) is 11.9 Å². The van der Waals surface area contributed by atoms with Crippen molar-refractivity contribution in [3.05, 3.63) is 50.6 Å². The molecule has 0 saturated heterocycles. The number of hydrogen-bond acceptors (Lipinski definition) is 5. The molecule has 0 aliphatic heterocycles. The van der Waals surface area contributed by atoms with Crippen LogP contribution in [-0.4, -0.2) is 38.4 Å².